The number of β-lactam (4-membered cyclic amide) rings is 1. The van der Waals surface area contributed by atoms with Gasteiger partial charge in [0.05, 0.1) is 6.42 Å². The van der Waals surface area contributed by atoms with Crippen molar-refractivity contribution in [3.05, 3.63) is 33.7 Å². The zero-order valence-electron chi connectivity index (χ0n) is 11.9. The number of carboxylic acid groups (broad SMARTS) is 1. The van der Waals surface area contributed by atoms with Crippen LogP contribution in [0.25, 0.3) is 0 Å². The Labute approximate surface area is 131 Å². The number of ether oxygens (including phenoxy) is 1. The molecule has 1 fully saturated rings. The predicted octanol–water partition coefficient (Wildman–Crippen LogP) is 0.362. The molecule has 0 aromatic carbocycles. The quantitative estimate of drug-likeness (QED) is 0.338. The molecule has 7 nitrogen and oxygen atoms in total. The van der Waals surface area contributed by atoms with Gasteiger partial charge in [-0.3, -0.25) is 9.59 Å². The molecule has 1 aromatic heterocycles. The third-order valence-corrected chi connectivity index (χ3v) is 3.93. The lowest BCUT2D eigenvalue weighted by Crippen LogP contribution is -2.61. The average molecular weight is 324 g/mol. The van der Waals surface area contributed by atoms with Crippen molar-refractivity contribution >= 4 is 29.2 Å². The minimum atomic E-state index is -1.34. The summed E-state index contributed by atoms with van der Waals surface area (Å²) >= 11 is 1.44. The molecule has 22 heavy (non-hydrogen) atoms. The van der Waals surface area contributed by atoms with Crippen LogP contribution >= 0.6 is 11.3 Å². The summed E-state index contributed by atoms with van der Waals surface area (Å²) in [4.78, 5) is 35.9. The summed E-state index contributed by atoms with van der Waals surface area (Å²) in [5.41, 5.74) is 6.54. The van der Waals surface area contributed by atoms with E-state index in [0.29, 0.717) is 12.1 Å². The van der Waals surface area contributed by atoms with Crippen LogP contribution in [0.2, 0.25) is 0 Å². The maximum atomic E-state index is 11.8. The van der Waals surface area contributed by atoms with E-state index in [0.717, 1.165) is 5.56 Å². The van der Waals surface area contributed by atoms with Gasteiger partial charge in [0.1, 0.15) is 6.04 Å². The molecule has 0 aliphatic carbocycles. The minimum Gasteiger partial charge on any atom is -0.475 e. The third-order valence-electron chi connectivity index (χ3n) is 3.20. The normalized spacial score (nSPS) is 18.5. The predicted molar refractivity (Wildman–Crippen MR) is 79.0 cm³/mol. The summed E-state index contributed by atoms with van der Waals surface area (Å²) in [5.74, 6) is -2.67. The fraction of sp³-hybridized carbons (Fsp3) is 0.357. The standard InChI is InChI=1S/C14H16N2O5S/c1-8(5-16-6-10(15)13(16)18)12(14(19)20)21-11(17)4-9-2-3-22-7-9/h2-3,7,10H,4-6,15H2,1H3,(H,19,20)/t10-/m0/s1. The van der Waals surface area contributed by atoms with E-state index < -0.39 is 23.7 Å². The number of hydrogen-bond donors (Lipinski definition) is 2. The maximum absolute atomic E-state index is 11.8. The number of esters is 1. The van der Waals surface area contributed by atoms with Crippen molar-refractivity contribution in [2.24, 2.45) is 5.73 Å². The first kappa shape index (κ1) is 16.2. The number of aliphatic carboxylic acids is 1. The Bertz CT molecular complexity index is 623. The molecular formula is C14H16N2O5S. The van der Waals surface area contributed by atoms with Crippen molar-refractivity contribution in [3.8, 4) is 0 Å². The van der Waals surface area contributed by atoms with E-state index >= 15 is 0 Å². The fourth-order valence-corrected chi connectivity index (χ4v) is 2.72. The van der Waals surface area contributed by atoms with Crippen LogP contribution < -0.4 is 5.73 Å². The number of likely N-dealkylation sites (tertiary alicyclic amines) is 1. The van der Waals surface area contributed by atoms with Gasteiger partial charge in [0.2, 0.25) is 11.7 Å². The number of thiophene rings is 1. The second-order valence-corrected chi connectivity index (χ2v) is 5.80. The Morgan fingerprint density at radius 3 is 2.77 bits per heavy atom. The smallest absolute Gasteiger partial charge is 0.371 e. The van der Waals surface area contributed by atoms with Gasteiger partial charge in [0.25, 0.3) is 0 Å². The molecule has 118 valence electrons. The summed E-state index contributed by atoms with van der Waals surface area (Å²) in [6.07, 6.45) is 0.00107. The molecule has 1 atom stereocenters. The lowest BCUT2D eigenvalue weighted by molar-refractivity contribution is -0.148. The lowest BCUT2D eigenvalue weighted by atomic mass is 10.1. The summed E-state index contributed by atoms with van der Waals surface area (Å²) in [7, 11) is 0. The van der Waals surface area contributed by atoms with E-state index in [1.54, 1.807) is 11.4 Å². The van der Waals surface area contributed by atoms with E-state index in [1.165, 1.54) is 23.2 Å². The van der Waals surface area contributed by atoms with Crippen LogP contribution in [0, 0.1) is 0 Å². The number of rotatable bonds is 6. The number of carbonyl (C=O) groups is 3. The Morgan fingerprint density at radius 2 is 2.27 bits per heavy atom. The second-order valence-electron chi connectivity index (χ2n) is 5.02. The van der Waals surface area contributed by atoms with Gasteiger partial charge in [-0.25, -0.2) is 4.79 Å². The van der Waals surface area contributed by atoms with E-state index in [2.05, 4.69) is 0 Å². The molecule has 0 saturated carbocycles. The van der Waals surface area contributed by atoms with Crippen LogP contribution in [0.5, 0.6) is 0 Å². The highest BCUT2D eigenvalue weighted by atomic mass is 32.1. The number of nitrogens with zero attached hydrogens (tertiary/aromatic N) is 1. The van der Waals surface area contributed by atoms with Crippen molar-refractivity contribution in [1.82, 2.24) is 4.90 Å². The largest absolute Gasteiger partial charge is 0.475 e. The summed E-state index contributed by atoms with van der Waals surface area (Å²) < 4.78 is 4.96. The molecule has 1 saturated heterocycles. The number of carboxylic acids is 1. The highest BCUT2D eigenvalue weighted by molar-refractivity contribution is 7.07. The molecule has 8 heteroatoms. The van der Waals surface area contributed by atoms with E-state index in [4.69, 9.17) is 10.5 Å². The molecule has 2 heterocycles. The second kappa shape index (κ2) is 6.71. The summed E-state index contributed by atoms with van der Waals surface area (Å²) in [6, 6.07) is 1.24. The molecule has 0 bridgehead atoms. The molecule has 0 spiro atoms. The van der Waals surface area contributed by atoms with Crippen molar-refractivity contribution in [1.29, 1.82) is 0 Å². The first-order valence-corrected chi connectivity index (χ1v) is 7.52. The van der Waals surface area contributed by atoms with Crippen LogP contribution in [-0.4, -0.2) is 47.0 Å². The molecule has 0 radical (unpaired) electrons. The van der Waals surface area contributed by atoms with Crippen LogP contribution in [0.3, 0.4) is 0 Å². The van der Waals surface area contributed by atoms with Crippen molar-refractivity contribution in [3.63, 3.8) is 0 Å². The first-order chi connectivity index (χ1) is 10.4. The van der Waals surface area contributed by atoms with Gasteiger partial charge in [0.15, 0.2) is 0 Å². The van der Waals surface area contributed by atoms with Gasteiger partial charge in [-0.2, -0.15) is 11.3 Å². The Morgan fingerprint density at radius 1 is 1.55 bits per heavy atom. The number of carbonyl (C=O) groups excluding carboxylic acids is 2. The van der Waals surface area contributed by atoms with Gasteiger partial charge in [-0.15, -0.1) is 0 Å². The molecule has 1 aliphatic heterocycles. The number of nitrogens with two attached hydrogens (primary N) is 1. The van der Waals surface area contributed by atoms with Crippen LogP contribution in [0.1, 0.15) is 12.5 Å². The number of amides is 1. The van der Waals surface area contributed by atoms with Gasteiger partial charge < -0.3 is 20.5 Å². The molecule has 1 aliphatic rings. The molecule has 0 unspecified atom stereocenters. The minimum absolute atomic E-state index is 0.00107. The van der Waals surface area contributed by atoms with Crippen molar-refractivity contribution in [2.45, 2.75) is 19.4 Å². The first-order valence-electron chi connectivity index (χ1n) is 6.57. The molecule has 2 rings (SSSR count). The molecule has 3 N–H and O–H groups in total. The summed E-state index contributed by atoms with van der Waals surface area (Å²) in [5, 5.41) is 12.8. The van der Waals surface area contributed by atoms with Crippen molar-refractivity contribution < 1.29 is 24.2 Å². The van der Waals surface area contributed by atoms with Crippen LogP contribution in [-0.2, 0) is 25.5 Å². The lowest BCUT2D eigenvalue weighted by Gasteiger charge is -2.36. The zero-order chi connectivity index (χ0) is 16.3. The van der Waals surface area contributed by atoms with Crippen molar-refractivity contribution in [2.75, 3.05) is 13.1 Å². The zero-order valence-corrected chi connectivity index (χ0v) is 12.8. The monoisotopic (exact) mass is 324 g/mol. The summed E-state index contributed by atoms with van der Waals surface area (Å²) in [6.45, 7) is 1.96. The fourth-order valence-electron chi connectivity index (χ4n) is 2.05. The SMILES string of the molecule is CC(CN1C[C@H](N)C1=O)=C(OC(=O)Cc1ccsc1)C(=O)O. The van der Waals surface area contributed by atoms with E-state index in [1.807, 2.05) is 5.38 Å². The third kappa shape index (κ3) is 3.71. The highest BCUT2D eigenvalue weighted by Crippen LogP contribution is 2.16. The van der Waals surface area contributed by atoms with E-state index in [-0.39, 0.29) is 18.9 Å². The molecule has 1 aromatic rings. The number of hydrogen-bond acceptors (Lipinski definition) is 6. The van der Waals surface area contributed by atoms with Gasteiger partial charge >= 0.3 is 11.9 Å². The molecular weight excluding hydrogens is 308 g/mol. The Hall–Kier alpha value is -2.19. The van der Waals surface area contributed by atoms with Crippen LogP contribution in [0.4, 0.5) is 0 Å². The topological polar surface area (TPSA) is 110 Å². The highest BCUT2D eigenvalue weighted by Gasteiger charge is 2.34. The molecule has 1 amide bonds. The van der Waals surface area contributed by atoms with Gasteiger partial charge in [-0.1, -0.05) is 0 Å². The maximum Gasteiger partial charge on any atom is 0.371 e. The Kier molecular flexibility index (Phi) is 4.94. The van der Waals surface area contributed by atoms with E-state index in [9.17, 15) is 19.5 Å². The van der Waals surface area contributed by atoms with Gasteiger partial charge in [0, 0.05) is 13.1 Å². The van der Waals surface area contributed by atoms with Gasteiger partial charge in [-0.05, 0) is 34.9 Å². The van der Waals surface area contributed by atoms with Crippen LogP contribution in [0.15, 0.2) is 28.2 Å². The average Bonchev–Trinajstić information content (AvgIpc) is 2.96. The Balaban J connectivity index is 2.01.